The molecule has 1 aromatic heterocycles. The van der Waals surface area contributed by atoms with Gasteiger partial charge in [-0.05, 0) is 11.6 Å². The molecule has 1 nitrogen and oxygen atoms in total. The summed E-state index contributed by atoms with van der Waals surface area (Å²) >= 11 is 5.85. The third-order valence-electron chi connectivity index (χ3n) is 2.23. The summed E-state index contributed by atoms with van der Waals surface area (Å²) in [6.45, 7) is 0. The van der Waals surface area contributed by atoms with Crippen LogP contribution in [0.2, 0.25) is 5.02 Å². The quantitative estimate of drug-likeness (QED) is 0.737. The number of hydrogen-bond donors (Lipinski definition) is 0. The number of nitrogens with zero attached hydrogens (tertiary/aromatic N) is 1. The summed E-state index contributed by atoms with van der Waals surface area (Å²) in [7, 11) is 0. The molecule has 1 aromatic carbocycles. The predicted molar refractivity (Wildman–Crippen MR) is 59.7 cm³/mol. The average molecular weight is 258 g/mol. The minimum absolute atomic E-state index is 0.198. The van der Waals surface area contributed by atoms with Crippen molar-refractivity contribution in [3.63, 3.8) is 0 Å². The predicted octanol–water partition coefficient (Wildman–Crippen LogP) is 4.42. The van der Waals surface area contributed by atoms with E-state index in [0.717, 1.165) is 12.3 Å². The van der Waals surface area contributed by atoms with Gasteiger partial charge in [-0.15, -0.1) is 0 Å². The van der Waals surface area contributed by atoms with Gasteiger partial charge in [0.2, 0.25) is 0 Å². The largest absolute Gasteiger partial charge is 0.433 e. The number of hydrogen-bond acceptors (Lipinski definition) is 1. The van der Waals surface area contributed by atoms with E-state index in [-0.39, 0.29) is 5.02 Å². The van der Waals surface area contributed by atoms with Crippen LogP contribution >= 0.6 is 11.6 Å². The van der Waals surface area contributed by atoms with Crippen LogP contribution in [0.5, 0.6) is 0 Å². The second-order valence-corrected chi connectivity index (χ2v) is 3.82. The van der Waals surface area contributed by atoms with Crippen LogP contribution in [-0.2, 0) is 6.18 Å². The number of alkyl halides is 3. The number of pyridine rings is 1. The molecular formula is C12H7ClF3N. The van der Waals surface area contributed by atoms with Crippen molar-refractivity contribution < 1.29 is 13.2 Å². The Morgan fingerprint density at radius 2 is 1.71 bits per heavy atom. The first kappa shape index (κ1) is 11.9. The van der Waals surface area contributed by atoms with Crippen LogP contribution in [0.3, 0.4) is 0 Å². The average Bonchev–Trinajstić information content (AvgIpc) is 2.29. The molecule has 0 N–H and O–H groups in total. The Balaban J connectivity index is 2.55. The molecule has 0 aliphatic rings. The Kier molecular flexibility index (Phi) is 3.07. The van der Waals surface area contributed by atoms with Crippen LogP contribution in [0, 0.1) is 0 Å². The van der Waals surface area contributed by atoms with Gasteiger partial charge in [0.05, 0.1) is 5.02 Å². The maximum absolute atomic E-state index is 12.5. The van der Waals surface area contributed by atoms with Gasteiger partial charge < -0.3 is 0 Å². The highest BCUT2D eigenvalue weighted by molar-refractivity contribution is 6.33. The smallest absolute Gasteiger partial charge is 0.250 e. The number of benzene rings is 1. The molecule has 88 valence electrons. The molecule has 1 heterocycles. The summed E-state index contributed by atoms with van der Waals surface area (Å²) in [5.74, 6) is 0. The van der Waals surface area contributed by atoms with E-state index in [1.165, 1.54) is 0 Å². The Hall–Kier alpha value is -1.55. The van der Waals surface area contributed by atoms with Gasteiger partial charge >= 0.3 is 6.18 Å². The summed E-state index contributed by atoms with van der Waals surface area (Å²) in [6.07, 6.45) is -3.44. The van der Waals surface area contributed by atoms with Crippen molar-refractivity contribution in [2.24, 2.45) is 0 Å². The van der Waals surface area contributed by atoms with Gasteiger partial charge in [0.15, 0.2) is 0 Å². The maximum atomic E-state index is 12.5. The fourth-order valence-corrected chi connectivity index (χ4v) is 1.65. The van der Waals surface area contributed by atoms with Crippen molar-refractivity contribution in [2.45, 2.75) is 6.18 Å². The van der Waals surface area contributed by atoms with Gasteiger partial charge in [0.1, 0.15) is 5.69 Å². The SMILES string of the molecule is FC(F)(F)c1cc(-c2ccccc2)c(Cl)cn1. The first-order valence-electron chi connectivity index (χ1n) is 4.76. The van der Waals surface area contributed by atoms with Gasteiger partial charge in [0, 0.05) is 11.8 Å². The molecule has 5 heteroatoms. The van der Waals surface area contributed by atoms with Crippen molar-refractivity contribution in [3.05, 3.63) is 53.3 Å². The van der Waals surface area contributed by atoms with E-state index in [2.05, 4.69) is 4.98 Å². The summed E-state index contributed by atoms with van der Waals surface area (Å²) < 4.78 is 37.5. The zero-order valence-electron chi connectivity index (χ0n) is 8.50. The van der Waals surface area contributed by atoms with Crippen molar-refractivity contribution in [2.75, 3.05) is 0 Å². The van der Waals surface area contributed by atoms with E-state index in [0.29, 0.717) is 11.1 Å². The standard InChI is InChI=1S/C12H7ClF3N/c13-10-7-17-11(12(14,15)16)6-9(10)8-4-2-1-3-5-8/h1-7H. The van der Waals surface area contributed by atoms with Gasteiger partial charge in [-0.1, -0.05) is 41.9 Å². The first-order chi connectivity index (χ1) is 7.98. The topological polar surface area (TPSA) is 12.9 Å². The highest BCUT2D eigenvalue weighted by Crippen LogP contribution is 2.33. The van der Waals surface area contributed by atoms with Gasteiger partial charge in [0.25, 0.3) is 0 Å². The van der Waals surface area contributed by atoms with Crippen LogP contribution in [0.1, 0.15) is 5.69 Å². The van der Waals surface area contributed by atoms with Gasteiger partial charge in [-0.3, -0.25) is 4.98 Å². The zero-order chi connectivity index (χ0) is 12.5. The molecule has 0 atom stereocenters. The number of aromatic nitrogens is 1. The van der Waals surface area contributed by atoms with E-state index in [4.69, 9.17) is 11.6 Å². The first-order valence-corrected chi connectivity index (χ1v) is 5.14. The highest BCUT2D eigenvalue weighted by Gasteiger charge is 2.33. The molecule has 0 unspecified atom stereocenters. The Morgan fingerprint density at radius 1 is 1.06 bits per heavy atom. The summed E-state index contributed by atoms with van der Waals surface area (Å²) in [5.41, 5.74) is 0.0146. The van der Waals surface area contributed by atoms with Gasteiger partial charge in [-0.25, -0.2) is 0 Å². The lowest BCUT2D eigenvalue weighted by Crippen LogP contribution is -2.07. The molecule has 0 aliphatic heterocycles. The number of halogens is 4. The van der Waals surface area contributed by atoms with Crippen molar-refractivity contribution in [1.82, 2.24) is 4.98 Å². The zero-order valence-corrected chi connectivity index (χ0v) is 9.26. The van der Waals surface area contributed by atoms with E-state index >= 15 is 0 Å². The molecule has 2 aromatic rings. The van der Waals surface area contributed by atoms with Crippen LogP contribution in [-0.4, -0.2) is 4.98 Å². The summed E-state index contributed by atoms with van der Waals surface area (Å²) in [4.78, 5) is 3.28. The minimum Gasteiger partial charge on any atom is -0.250 e. The van der Waals surface area contributed by atoms with Crippen LogP contribution in [0.15, 0.2) is 42.6 Å². The lowest BCUT2D eigenvalue weighted by molar-refractivity contribution is -0.141. The van der Waals surface area contributed by atoms with Crippen molar-refractivity contribution >= 4 is 11.6 Å². The van der Waals surface area contributed by atoms with E-state index in [1.54, 1.807) is 30.3 Å². The molecule has 0 saturated carbocycles. The molecule has 0 saturated heterocycles. The molecule has 0 radical (unpaired) electrons. The lowest BCUT2D eigenvalue weighted by Gasteiger charge is -2.09. The molecule has 0 fully saturated rings. The fraction of sp³-hybridized carbons (Fsp3) is 0.0833. The third-order valence-corrected chi connectivity index (χ3v) is 2.53. The molecule has 2 rings (SSSR count). The summed E-state index contributed by atoms with van der Waals surface area (Å²) in [6, 6.07) is 9.60. The second kappa shape index (κ2) is 4.37. The van der Waals surface area contributed by atoms with Gasteiger partial charge in [-0.2, -0.15) is 13.2 Å². The van der Waals surface area contributed by atoms with Crippen LogP contribution in [0.25, 0.3) is 11.1 Å². The van der Waals surface area contributed by atoms with E-state index in [1.807, 2.05) is 0 Å². The number of rotatable bonds is 1. The molecule has 17 heavy (non-hydrogen) atoms. The molecule has 0 amide bonds. The Bertz CT molecular complexity index is 523. The Morgan fingerprint density at radius 3 is 2.29 bits per heavy atom. The Labute approximate surface area is 101 Å². The van der Waals surface area contributed by atoms with Crippen LogP contribution < -0.4 is 0 Å². The monoisotopic (exact) mass is 257 g/mol. The van der Waals surface area contributed by atoms with Crippen molar-refractivity contribution in [1.29, 1.82) is 0 Å². The van der Waals surface area contributed by atoms with E-state index < -0.39 is 11.9 Å². The molecular weight excluding hydrogens is 251 g/mol. The fourth-order valence-electron chi connectivity index (χ4n) is 1.43. The minimum atomic E-state index is -4.46. The maximum Gasteiger partial charge on any atom is 0.433 e. The summed E-state index contributed by atoms with van der Waals surface area (Å²) in [5, 5.41) is 0.198. The normalized spacial score (nSPS) is 11.5. The molecule has 0 spiro atoms. The third kappa shape index (κ3) is 2.58. The van der Waals surface area contributed by atoms with E-state index in [9.17, 15) is 13.2 Å². The lowest BCUT2D eigenvalue weighted by atomic mass is 10.1. The highest BCUT2D eigenvalue weighted by atomic mass is 35.5. The molecule has 0 aliphatic carbocycles. The molecule has 0 bridgehead atoms. The second-order valence-electron chi connectivity index (χ2n) is 3.41. The van der Waals surface area contributed by atoms with Crippen molar-refractivity contribution in [3.8, 4) is 11.1 Å². The van der Waals surface area contributed by atoms with Crippen LogP contribution in [0.4, 0.5) is 13.2 Å².